The average molecular weight is 438 g/mol. The van der Waals surface area contributed by atoms with E-state index in [9.17, 15) is 17.4 Å². The third-order valence-electron chi connectivity index (χ3n) is 5.19. The summed E-state index contributed by atoms with van der Waals surface area (Å²) in [5, 5.41) is -2.45. The number of halogens is 1. The predicted octanol–water partition coefficient (Wildman–Crippen LogP) is 7.34. The fourth-order valence-electron chi connectivity index (χ4n) is 3.25. The summed E-state index contributed by atoms with van der Waals surface area (Å²) in [6, 6.07) is 0. The predicted molar refractivity (Wildman–Crippen MR) is 124 cm³/mol. The molecule has 3 N–H and O–H groups in total. The van der Waals surface area contributed by atoms with Gasteiger partial charge in [0.2, 0.25) is 5.00 Å². The molecular formula is C23H48FNO3S. The Morgan fingerprint density at radius 1 is 0.793 bits per heavy atom. The van der Waals surface area contributed by atoms with Crippen molar-refractivity contribution in [1.82, 2.24) is 0 Å². The van der Waals surface area contributed by atoms with Crippen molar-refractivity contribution in [2.45, 2.75) is 128 Å². The molecular weight excluding hydrogens is 389 g/mol. The van der Waals surface area contributed by atoms with Crippen LogP contribution in [0.2, 0.25) is 0 Å². The van der Waals surface area contributed by atoms with Gasteiger partial charge in [0.25, 0.3) is 10.1 Å². The molecule has 0 rings (SSSR count). The number of unbranched alkanes of at least 4 members (excludes halogenated alkanes) is 13. The fraction of sp³-hybridized carbons (Fsp3) is 0.913. The van der Waals surface area contributed by atoms with Gasteiger partial charge in [0.1, 0.15) is 0 Å². The maximum atomic E-state index is 14.8. The second-order valence-electron chi connectivity index (χ2n) is 7.98. The van der Waals surface area contributed by atoms with Gasteiger partial charge in [0.05, 0.1) is 0 Å². The summed E-state index contributed by atoms with van der Waals surface area (Å²) in [6.07, 6.45) is 17.1. The van der Waals surface area contributed by atoms with Crippen molar-refractivity contribution in [3.05, 3.63) is 12.7 Å². The highest BCUT2D eigenvalue weighted by Crippen LogP contribution is 2.32. The summed E-state index contributed by atoms with van der Waals surface area (Å²) < 4.78 is 47.0. The summed E-state index contributed by atoms with van der Waals surface area (Å²) in [7, 11) is -4.64. The molecule has 29 heavy (non-hydrogen) atoms. The van der Waals surface area contributed by atoms with E-state index in [1.54, 1.807) is 6.08 Å². The number of hydrogen-bond acceptors (Lipinski definition) is 3. The van der Waals surface area contributed by atoms with Gasteiger partial charge in [-0.25, -0.2) is 4.39 Å². The highest BCUT2D eigenvalue weighted by Gasteiger charge is 2.41. The molecule has 0 aromatic rings. The van der Waals surface area contributed by atoms with Gasteiger partial charge in [0.15, 0.2) is 0 Å². The third-order valence-corrected chi connectivity index (χ3v) is 6.52. The van der Waals surface area contributed by atoms with Crippen molar-refractivity contribution in [1.29, 1.82) is 0 Å². The Kier molecular flexibility index (Phi) is 22.0. The van der Waals surface area contributed by atoms with Crippen molar-refractivity contribution in [2.24, 2.45) is 5.73 Å². The molecule has 0 saturated heterocycles. The van der Waals surface area contributed by atoms with Crippen LogP contribution in [0.3, 0.4) is 0 Å². The van der Waals surface area contributed by atoms with E-state index in [0.29, 0.717) is 19.4 Å². The van der Waals surface area contributed by atoms with Gasteiger partial charge in [-0.05, 0) is 25.7 Å². The van der Waals surface area contributed by atoms with Crippen LogP contribution in [-0.2, 0) is 10.1 Å². The van der Waals surface area contributed by atoms with Gasteiger partial charge in [-0.2, -0.15) is 8.42 Å². The maximum absolute atomic E-state index is 14.8. The zero-order valence-corrected chi connectivity index (χ0v) is 20.0. The average Bonchev–Trinajstić information content (AvgIpc) is 2.68. The van der Waals surface area contributed by atoms with Crippen LogP contribution in [-0.4, -0.2) is 24.5 Å². The van der Waals surface area contributed by atoms with Crippen LogP contribution in [0, 0.1) is 0 Å². The number of nitrogens with two attached hydrogens (primary N) is 1. The number of rotatable bonds is 19. The van der Waals surface area contributed by atoms with Gasteiger partial charge in [0, 0.05) is 6.54 Å². The molecule has 0 spiro atoms. The second kappa shape index (κ2) is 20.8. The normalized spacial score (nSPS) is 13.4. The lowest BCUT2D eigenvalue weighted by atomic mass is 10.0. The summed E-state index contributed by atoms with van der Waals surface area (Å²) in [6.45, 7) is 8.27. The Morgan fingerprint density at radius 2 is 1.07 bits per heavy atom. The van der Waals surface area contributed by atoms with Gasteiger partial charge >= 0.3 is 0 Å². The van der Waals surface area contributed by atoms with E-state index in [1.165, 1.54) is 32.1 Å². The molecule has 0 aliphatic rings. The molecule has 1 atom stereocenters. The Hall–Kier alpha value is -0.460. The molecule has 0 fully saturated rings. The Labute approximate surface area is 180 Å². The van der Waals surface area contributed by atoms with E-state index < -0.39 is 15.1 Å². The SMILES string of the molecule is C=CCN.CCCCCCCCCCCC(F)(CCCCCCCC)S(=O)(=O)O. The van der Waals surface area contributed by atoms with Crippen molar-refractivity contribution < 1.29 is 17.4 Å². The van der Waals surface area contributed by atoms with Gasteiger partial charge in [-0.15, -0.1) is 6.58 Å². The molecule has 0 saturated carbocycles. The molecule has 0 radical (unpaired) electrons. The van der Waals surface area contributed by atoms with Crippen LogP contribution in [0.4, 0.5) is 4.39 Å². The number of alkyl halides is 1. The zero-order chi connectivity index (χ0) is 22.4. The molecule has 6 heteroatoms. The quantitative estimate of drug-likeness (QED) is 0.126. The molecule has 1 unspecified atom stereocenters. The minimum atomic E-state index is -4.64. The van der Waals surface area contributed by atoms with Crippen molar-refractivity contribution in [3.8, 4) is 0 Å². The van der Waals surface area contributed by atoms with E-state index in [-0.39, 0.29) is 12.8 Å². The van der Waals surface area contributed by atoms with E-state index >= 15 is 0 Å². The molecule has 0 heterocycles. The summed E-state index contributed by atoms with van der Waals surface area (Å²) in [4.78, 5) is 0. The van der Waals surface area contributed by atoms with Crippen LogP contribution in [0.25, 0.3) is 0 Å². The molecule has 0 aromatic carbocycles. The smallest absolute Gasteiger partial charge is 0.300 e. The summed E-state index contributed by atoms with van der Waals surface area (Å²) in [5.41, 5.74) is 4.91. The van der Waals surface area contributed by atoms with E-state index in [2.05, 4.69) is 20.4 Å². The lowest BCUT2D eigenvalue weighted by Gasteiger charge is -2.22. The number of hydrogen-bond donors (Lipinski definition) is 2. The molecule has 4 nitrogen and oxygen atoms in total. The van der Waals surface area contributed by atoms with Gasteiger partial charge in [-0.3, -0.25) is 4.55 Å². The molecule has 0 bridgehead atoms. The fourth-order valence-corrected chi connectivity index (χ4v) is 4.06. The second-order valence-corrected chi connectivity index (χ2v) is 9.66. The highest BCUT2D eigenvalue weighted by atomic mass is 32.2. The Balaban J connectivity index is 0. The minimum absolute atomic E-state index is 0.0728. The Bertz CT molecular complexity index is 457. The van der Waals surface area contributed by atoms with Crippen molar-refractivity contribution >= 4 is 10.1 Å². The van der Waals surface area contributed by atoms with Crippen molar-refractivity contribution in [2.75, 3.05) is 6.54 Å². The summed E-state index contributed by atoms with van der Waals surface area (Å²) in [5.74, 6) is 0. The topological polar surface area (TPSA) is 80.4 Å². The standard InChI is InChI=1S/C20H41FO3S.C3H7N/c1-3-5-7-9-11-12-13-15-17-19-20(21,25(22,23)24)18-16-14-10-8-6-4-2;1-2-3-4/h3-19H2,1-2H3,(H,22,23,24);2H,1,3-4H2. The largest absolute Gasteiger partial charge is 0.327 e. The minimum Gasteiger partial charge on any atom is -0.327 e. The van der Waals surface area contributed by atoms with Crippen LogP contribution in [0.15, 0.2) is 12.7 Å². The van der Waals surface area contributed by atoms with Crippen LogP contribution >= 0.6 is 0 Å². The molecule has 0 aliphatic heterocycles. The zero-order valence-electron chi connectivity index (χ0n) is 19.1. The first-order chi connectivity index (χ1) is 13.8. The highest BCUT2D eigenvalue weighted by molar-refractivity contribution is 7.87. The molecule has 0 amide bonds. The van der Waals surface area contributed by atoms with Crippen molar-refractivity contribution in [3.63, 3.8) is 0 Å². The first-order valence-corrected chi connectivity index (χ1v) is 13.2. The lowest BCUT2D eigenvalue weighted by Crippen LogP contribution is -2.33. The van der Waals surface area contributed by atoms with Crippen LogP contribution < -0.4 is 5.73 Å². The van der Waals surface area contributed by atoms with E-state index in [0.717, 1.165) is 51.4 Å². The molecule has 0 aromatic heterocycles. The summed E-state index contributed by atoms with van der Waals surface area (Å²) >= 11 is 0. The lowest BCUT2D eigenvalue weighted by molar-refractivity contribution is 0.203. The van der Waals surface area contributed by atoms with Crippen LogP contribution in [0.5, 0.6) is 0 Å². The Morgan fingerprint density at radius 3 is 1.31 bits per heavy atom. The third kappa shape index (κ3) is 19.3. The maximum Gasteiger partial charge on any atom is 0.300 e. The van der Waals surface area contributed by atoms with Crippen LogP contribution in [0.1, 0.15) is 123 Å². The first-order valence-electron chi connectivity index (χ1n) is 11.8. The first kappa shape index (κ1) is 30.7. The van der Waals surface area contributed by atoms with E-state index in [1.807, 2.05) is 0 Å². The van der Waals surface area contributed by atoms with Gasteiger partial charge < -0.3 is 5.73 Å². The van der Waals surface area contributed by atoms with E-state index in [4.69, 9.17) is 5.73 Å². The molecule has 176 valence electrons. The van der Waals surface area contributed by atoms with Gasteiger partial charge in [-0.1, -0.05) is 103 Å². The monoisotopic (exact) mass is 437 g/mol. The molecule has 0 aliphatic carbocycles.